The third-order valence-corrected chi connectivity index (χ3v) is 4.23. The maximum Gasteiger partial charge on any atom is 0.0627 e. The Morgan fingerprint density at radius 1 is 0.562 bits per heavy atom. The summed E-state index contributed by atoms with van der Waals surface area (Å²) in [5.74, 6) is 1.70. The van der Waals surface area contributed by atoms with Crippen molar-refractivity contribution in [3.05, 3.63) is 0 Å². The molecule has 0 spiro atoms. The minimum absolute atomic E-state index is 0.851. The molecule has 0 bridgehead atoms. The van der Waals surface area contributed by atoms with Crippen molar-refractivity contribution >= 4 is 0 Å². The van der Waals surface area contributed by atoms with Crippen LogP contribution in [0.15, 0.2) is 10.2 Å². The van der Waals surface area contributed by atoms with Crippen molar-refractivity contribution in [1.29, 1.82) is 0 Å². The van der Waals surface area contributed by atoms with Gasteiger partial charge in [-0.05, 0) is 37.5 Å². The SMILES string of the molecule is C1CCC(CN=NCC2CCCCC2)CC1. The van der Waals surface area contributed by atoms with Crippen molar-refractivity contribution in [3.8, 4) is 0 Å². The van der Waals surface area contributed by atoms with Gasteiger partial charge in [0, 0.05) is 0 Å². The molecule has 0 aromatic heterocycles. The maximum atomic E-state index is 4.41. The largest absolute Gasteiger partial charge is 0.194 e. The Morgan fingerprint density at radius 2 is 0.938 bits per heavy atom. The lowest BCUT2D eigenvalue weighted by atomic mass is 9.89. The van der Waals surface area contributed by atoms with Crippen LogP contribution in [0.25, 0.3) is 0 Å². The van der Waals surface area contributed by atoms with E-state index in [1.165, 1.54) is 64.2 Å². The maximum absolute atomic E-state index is 4.41. The van der Waals surface area contributed by atoms with E-state index in [0.717, 1.165) is 24.9 Å². The molecular formula is C14H26N2. The van der Waals surface area contributed by atoms with Gasteiger partial charge in [0.15, 0.2) is 0 Å². The number of hydrogen-bond donors (Lipinski definition) is 0. The zero-order valence-corrected chi connectivity index (χ0v) is 10.5. The van der Waals surface area contributed by atoms with Gasteiger partial charge < -0.3 is 0 Å². The van der Waals surface area contributed by atoms with Gasteiger partial charge in [-0.1, -0.05) is 38.5 Å². The summed E-state index contributed by atoms with van der Waals surface area (Å²) in [6.45, 7) is 2.01. The van der Waals surface area contributed by atoms with E-state index < -0.39 is 0 Å². The predicted octanol–water partition coefficient (Wildman–Crippen LogP) is 4.60. The van der Waals surface area contributed by atoms with E-state index in [-0.39, 0.29) is 0 Å². The summed E-state index contributed by atoms with van der Waals surface area (Å²) >= 11 is 0. The minimum Gasteiger partial charge on any atom is -0.194 e. The Hall–Kier alpha value is -0.400. The Balaban J connectivity index is 1.57. The number of nitrogens with zero attached hydrogens (tertiary/aromatic N) is 2. The van der Waals surface area contributed by atoms with E-state index in [9.17, 15) is 0 Å². The molecule has 0 radical (unpaired) electrons. The molecule has 0 atom stereocenters. The summed E-state index contributed by atoms with van der Waals surface area (Å²) in [5.41, 5.74) is 0. The van der Waals surface area contributed by atoms with Crippen molar-refractivity contribution in [3.63, 3.8) is 0 Å². The third kappa shape index (κ3) is 4.23. The van der Waals surface area contributed by atoms with Gasteiger partial charge in [0.2, 0.25) is 0 Å². The van der Waals surface area contributed by atoms with Crippen LogP contribution in [0.3, 0.4) is 0 Å². The fourth-order valence-electron chi connectivity index (χ4n) is 3.09. The van der Waals surface area contributed by atoms with Crippen LogP contribution in [0, 0.1) is 11.8 Å². The molecule has 0 saturated heterocycles. The van der Waals surface area contributed by atoms with Crippen LogP contribution in [-0.2, 0) is 0 Å². The molecule has 0 N–H and O–H groups in total. The van der Waals surface area contributed by atoms with E-state index in [1.807, 2.05) is 0 Å². The molecule has 2 aliphatic rings. The summed E-state index contributed by atoms with van der Waals surface area (Å²) in [7, 11) is 0. The van der Waals surface area contributed by atoms with Crippen LogP contribution in [-0.4, -0.2) is 13.1 Å². The second kappa shape index (κ2) is 7.03. The van der Waals surface area contributed by atoms with Gasteiger partial charge in [-0.15, -0.1) is 0 Å². The molecule has 2 nitrogen and oxygen atoms in total. The van der Waals surface area contributed by atoms with E-state index >= 15 is 0 Å². The van der Waals surface area contributed by atoms with Crippen LogP contribution in [0.1, 0.15) is 64.2 Å². The molecule has 16 heavy (non-hydrogen) atoms. The highest BCUT2D eigenvalue weighted by molar-refractivity contribution is 4.69. The smallest absolute Gasteiger partial charge is 0.0627 e. The molecule has 2 saturated carbocycles. The van der Waals surface area contributed by atoms with Crippen molar-refractivity contribution in [2.75, 3.05) is 13.1 Å². The van der Waals surface area contributed by atoms with Crippen LogP contribution in [0.5, 0.6) is 0 Å². The van der Waals surface area contributed by atoms with Crippen molar-refractivity contribution < 1.29 is 0 Å². The molecule has 0 unspecified atom stereocenters. The zero-order valence-electron chi connectivity index (χ0n) is 10.5. The molecule has 92 valence electrons. The standard InChI is InChI=1S/C14H26N2/c1-3-7-13(8-4-1)11-15-16-12-14-9-5-2-6-10-14/h13-14H,1-12H2. The highest BCUT2D eigenvalue weighted by Gasteiger charge is 2.14. The minimum atomic E-state index is 0.851. The number of azo groups is 1. The lowest BCUT2D eigenvalue weighted by Gasteiger charge is -2.20. The third-order valence-electron chi connectivity index (χ3n) is 4.23. The van der Waals surface area contributed by atoms with Gasteiger partial charge >= 0.3 is 0 Å². The van der Waals surface area contributed by atoms with Crippen LogP contribution >= 0.6 is 0 Å². The topological polar surface area (TPSA) is 24.7 Å². The van der Waals surface area contributed by atoms with Crippen molar-refractivity contribution in [2.45, 2.75) is 64.2 Å². The number of hydrogen-bond acceptors (Lipinski definition) is 2. The first kappa shape index (κ1) is 12.1. The Bertz CT molecular complexity index is 179. The molecule has 0 amide bonds. The molecule has 0 aromatic rings. The Kier molecular flexibility index (Phi) is 5.30. The molecule has 2 heteroatoms. The predicted molar refractivity (Wildman–Crippen MR) is 67.7 cm³/mol. The van der Waals surface area contributed by atoms with Gasteiger partial charge in [-0.2, -0.15) is 10.2 Å². The Morgan fingerprint density at radius 3 is 1.31 bits per heavy atom. The molecule has 2 fully saturated rings. The van der Waals surface area contributed by atoms with Crippen LogP contribution < -0.4 is 0 Å². The molecule has 2 rings (SSSR count). The van der Waals surface area contributed by atoms with E-state index in [2.05, 4.69) is 10.2 Å². The quantitative estimate of drug-likeness (QED) is 0.621. The second-order valence-electron chi connectivity index (χ2n) is 5.66. The first-order valence-electron chi connectivity index (χ1n) is 7.28. The summed E-state index contributed by atoms with van der Waals surface area (Å²) in [6.07, 6.45) is 14.1. The summed E-state index contributed by atoms with van der Waals surface area (Å²) in [6, 6.07) is 0. The number of rotatable bonds is 4. The first-order valence-corrected chi connectivity index (χ1v) is 7.28. The highest BCUT2D eigenvalue weighted by Crippen LogP contribution is 2.25. The zero-order chi connectivity index (χ0) is 11.1. The van der Waals surface area contributed by atoms with E-state index in [1.54, 1.807) is 0 Å². The second-order valence-corrected chi connectivity index (χ2v) is 5.66. The molecular weight excluding hydrogens is 196 g/mol. The normalized spacial score (nSPS) is 25.2. The van der Waals surface area contributed by atoms with Gasteiger partial charge in [-0.3, -0.25) is 0 Å². The summed E-state index contributed by atoms with van der Waals surface area (Å²) < 4.78 is 0. The molecule has 0 aliphatic heterocycles. The van der Waals surface area contributed by atoms with Crippen molar-refractivity contribution in [2.24, 2.45) is 22.1 Å². The van der Waals surface area contributed by atoms with Crippen molar-refractivity contribution in [1.82, 2.24) is 0 Å². The van der Waals surface area contributed by atoms with Gasteiger partial charge in [0.25, 0.3) is 0 Å². The van der Waals surface area contributed by atoms with E-state index in [4.69, 9.17) is 0 Å². The fraction of sp³-hybridized carbons (Fsp3) is 1.00. The lowest BCUT2D eigenvalue weighted by Crippen LogP contribution is -2.11. The van der Waals surface area contributed by atoms with E-state index in [0.29, 0.717) is 0 Å². The van der Waals surface area contributed by atoms with Gasteiger partial charge in [0.05, 0.1) is 13.1 Å². The molecule has 0 aromatic carbocycles. The van der Waals surface area contributed by atoms with Crippen LogP contribution in [0.4, 0.5) is 0 Å². The monoisotopic (exact) mass is 222 g/mol. The first-order chi connectivity index (χ1) is 7.95. The average Bonchev–Trinajstić information content (AvgIpc) is 2.37. The average molecular weight is 222 g/mol. The Labute approximate surface area is 99.9 Å². The van der Waals surface area contributed by atoms with Crippen LogP contribution in [0.2, 0.25) is 0 Å². The summed E-state index contributed by atoms with van der Waals surface area (Å²) in [5, 5.41) is 8.83. The molecule has 2 aliphatic carbocycles. The molecule has 0 heterocycles. The van der Waals surface area contributed by atoms with Gasteiger partial charge in [-0.25, -0.2) is 0 Å². The lowest BCUT2D eigenvalue weighted by molar-refractivity contribution is 0.348. The highest BCUT2D eigenvalue weighted by atomic mass is 15.1. The summed E-state index contributed by atoms with van der Waals surface area (Å²) in [4.78, 5) is 0. The van der Waals surface area contributed by atoms with Gasteiger partial charge in [0.1, 0.15) is 0 Å². The fourth-order valence-corrected chi connectivity index (χ4v) is 3.09.